The van der Waals surface area contributed by atoms with Crippen molar-refractivity contribution in [3.8, 4) is 16.9 Å². The van der Waals surface area contributed by atoms with Crippen molar-refractivity contribution >= 4 is 23.3 Å². The minimum absolute atomic E-state index is 0.113. The van der Waals surface area contributed by atoms with Gasteiger partial charge in [0.1, 0.15) is 18.0 Å². The van der Waals surface area contributed by atoms with Crippen molar-refractivity contribution in [3.63, 3.8) is 0 Å². The summed E-state index contributed by atoms with van der Waals surface area (Å²) in [4.78, 5) is 16.6. The number of carbonyl (C=O) groups excluding carboxylic acids is 1. The lowest BCUT2D eigenvalue weighted by molar-refractivity contribution is -0.139. The number of halogens is 4. The topological polar surface area (TPSA) is 77.8 Å². The summed E-state index contributed by atoms with van der Waals surface area (Å²) in [5.41, 5.74) is -1.63. The lowest BCUT2D eigenvalue weighted by atomic mass is 9.91. The molecule has 3 rings (SSSR count). The first kappa shape index (κ1) is 27.6. The number of alkyl halides is 3. The van der Waals surface area contributed by atoms with E-state index in [1.165, 1.54) is 28.9 Å². The number of rotatable bonds is 7. The molecule has 0 saturated carbocycles. The number of fused-ring (bicyclic) bond motifs is 1. The number of nitrogens with one attached hydrogen (secondary N) is 1. The van der Waals surface area contributed by atoms with Gasteiger partial charge in [-0.1, -0.05) is 31.5 Å². The van der Waals surface area contributed by atoms with Gasteiger partial charge in [0, 0.05) is 18.0 Å². The molecule has 2 heterocycles. The number of hydrogen-bond donors (Lipinski definition) is 1. The van der Waals surface area contributed by atoms with Crippen molar-refractivity contribution in [1.29, 1.82) is 0 Å². The van der Waals surface area contributed by atoms with Gasteiger partial charge in [0.15, 0.2) is 10.8 Å². The van der Waals surface area contributed by atoms with Gasteiger partial charge >= 0.3 is 12.3 Å². The third kappa shape index (κ3) is 7.02. The normalized spacial score (nSPS) is 14.1. The fourth-order valence-electron chi connectivity index (χ4n) is 3.98. The standard InChI is InChI=1S/C25H30ClF3N4O3/c1-15(2)13-24(6,31-22(34)36-23(3,4)5)14-35-19-8-7-16(11-18(19)25(27,28)29)17-12-20(26)32-33-10-9-30-21(17)33/h7-12,15H,13-14H2,1-6H3,(H,31,34). The smallest absolute Gasteiger partial charge is 0.419 e. The van der Waals surface area contributed by atoms with Gasteiger partial charge in [0.05, 0.1) is 11.1 Å². The van der Waals surface area contributed by atoms with Gasteiger partial charge < -0.3 is 14.8 Å². The molecular formula is C25H30ClF3N4O3. The van der Waals surface area contributed by atoms with Gasteiger partial charge in [-0.2, -0.15) is 18.3 Å². The van der Waals surface area contributed by atoms with E-state index < -0.39 is 29.0 Å². The molecule has 0 spiro atoms. The van der Waals surface area contributed by atoms with E-state index in [1.54, 1.807) is 33.9 Å². The highest BCUT2D eigenvalue weighted by Crippen LogP contribution is 2.40. The highest BCUT2D eigenvalue weighted by Gasteiger charge is 2.37. The maximum absolute atomic E-state index is 14.1. The van der Waals surface area contributed by atoms with Gasteiger partial charge in [-0.15, -0.1) is 0 Å². The number of nitrogens with zero attached hydrogens (tertiary/aromatic N) is 3. The molecule has 0 aliphatic rings. The average Bonchev–Trinajstić information content (AvgIpc) is 3.17. The van der Waals surface area contributed by atoms with Crippen LogP contribution in [0.3, 0.4) is 0 Å². The van der Waals surface area contributed by atoms with Gasteiger partial charge in [-0.3, -0.25) is 0 Å². The van der Waals surface area contributed by atoms with Crippen LogP contribution >= 0.6 is 11.6 Å². The number of benzene rings is 1. The summed E-state index contributed by atoms with van der Waals surface area (Å²) in [5.74, 6) is -0.224. The summed E-state index contributed by atoms with van der Waals surface area (Å²) in [6.07, 6.45) is -1.86. The monoisotopic (exact) mass is 526 g/mol. The molecule has 36 heavy (non-hydrogen) atoms. The number of hydrogen-bond acceptors (Lipinski definition) is 5. The fraction of sp³-hybridized carbons (Fsp3) is 0.480. The van der Waals surface area contributed by atoms with E-state index in [1.807, 2.05) is 13.8 Å². The first-order chi connectivity index (χ1) is 16.6. The minimum Gasteiger partial charge on any atom is -0.491 e. The molecule has 0 radical (unpaired) electrons. The van der Waals surface area contributed by atoms with Gasteiger partial charge in [0.25, 0.3) is 0 Å². The van der Waals surface area contributed by atoms with Crippen LogP contribution in [-0.4, -0.2) is 38.4 Å². The van der Waals surface area contributed by atoms with Gasteiger partial charge in [0.2, 0.25) is 0 Å². The van der Waals surface area contributed by atoms with Crippen LogP contribution < -0.4 is 10.1 Å². The van der Waals surface area contributed by atoms with E-state index in [2.05, 4.69) is 15.4 Å². The molecule has 0 aliphatic heterocycles. The van der Waals surface area contributed by atoms with E-state index in [0.717, 1.165) is 6.07 Å². The van der Waals surface area contributed by atoms with Crippen LogP contribution in [0.15, 0.2) is 36.7 Å². The van der Waals surface area contributed by atoms with E-state index >= 15 is 0 Å². The van der Waals surface area contributed by atoms with Crippen LogP contribution in [0.4, 0.5) is 18.0 Å². The molecule has 1 amide bonds. The Morgan fingerprint density at radius 2 is 1.86 bits per heavy atom. The Morgan fingerprint density at radius 1 is 1.17 bits per heavy atom. The lowest BCUT2D eigenvalue weighted by Gasteiger charge is -2.33. The van der Waals surface area contributed by atoms with Crippen LogP contribution in [0.1, 0.15) is 53.5 Å². The predicted molar refractivity (Wildman–Crippen MR) is 131 cm³/mol. The highest BCUT2D eigenvalue weighted by atomic mass is 35.5. The van der Waals surface area contributed by atoms with Crippen molar-refractivity contribution in [2.24, 2.45) is 5.92 Å². The SMILES string of the molecule is CC(C)CC(C)(COc1ccc(-c2cc(Cl)nn3ccnc23)cc1C(F)(F)F)NC(=O)OC(C)(C)C. The number of aromatic nitrogens is 3. The molecule has 7 nitrogen and oxygen atoms in total. The molecule has 1 N–H and O–H groups in total. The van der Waals surface area contributed by atoms with E-state index in [9.17, 15) is 18.0 Å². The minimum atomic E-state index is -4.69. The van der Waals surface area contributed by atoms with Crippen LogP contribution in [-0.2, 0) is 10.9 Å². The van der Waals surface area contributed by atoms with Crippen LogP contribution in [0, 0.1) is 5.92 Å². The molecule has 1 unspecified atom stereocenters. The fourth-order valence-corrected chi connectivity index (χ4v) is 4.17. The Bertz CT molecular complexity index is 1240. The summed E-state index contributed by atoms with van der Waals surface area (Å²) in [7, 11) is 0. The molecule has 0 saturated heterocycles. The predicted octanol–water partition coefficient (Wildman–Crippen LogP) is 6.78. The molecule has 3 aromatic rings. The summed E-state index contributed by atoms with van der Waals surface area (Å²) < 4.78 is 54.7. The molecule has 11 heteroatoms. The molecule has 1 atom stereocenters. The van der Waals surface area contributed by atoms with Crippen molar-refractivity contribution in [1.82, 2.24) is 19.9 Å². The summed E-state index contributed by atoms with van der Waals surface area (Å²) in [6.45, 7) is 10.6. The van der Waals surface area contributed by atoms with E-state index in [4.69, 9.17) is 21.1 Å². The van der Waals surface area contributed by atoms with Crippen molar-refractivity contribution in [3.05, 3.63) is 47.4 Å². The molecule has 0 aliphatic carbocycles. The Labute approximate surface area is 212 Å². The maximum atomic E-state index is 14.1. The number of amides is 1. The van der Waals surface area contributed by atoms with Crippen molar-refractivity contribution < 1.29 is 27.4 Å². The molecule has 1 aromatic carbocycles. The molecular weight excluding hydrogens is 497 g/mol. The Kier molecular flexibility index (Phi) is 7.78. The maximum Gasteiger partial charge on any atom is 0.419 e. The second-order valence-electron chi connectivity index (χ2n) is 10.4. The second kappa shape index (κ2) is 10.2. The third-order valence-electron chi connectivity index (χ3n) is 5.13. The van der Waals surface area contributed by atoms with Gasteiger partial charge in [-0.25, -0.2) is 14.3 Å². The molecule has 0 bridgehead atoms. The van der Waals surface area contributed by atoms with Crippen LogP contribution in [0.5, 0.6) is 5.75 Å². The van der Waals surface area contributed by atoms with Crippen molar-refractivity contribution in [2.75, 3.05) is 6.61 Å². The number of alkyl carbamates (subject to hydrolysis) is 1. The number of imidazole rings is 1. The quantitative estimate of drug-likeness (QED) is 0.367. The van der Waals surface area contributed by atoms with Crippen molar-refractivity contribution in [2.45, 2.75) is 65.3 Å². The molecule has 196 valence electrons. The average molecular weight is 527 g/mol. The Balaban J connectivity index is 1.93. The zero-order valence-electron chi connectivity index (χ0n) is 21.0. The summed E-state index contributed by atoms with van der Waals surface area (Å²) in [5, 5.41) is 6.95. The largest absolute Gasteiger partial charge is 0.491 e. The van der Waals surface area contributed by atoms with E-state index in [-0.39, 0.29) is 29.0 Å². The Hall–Kier alpha value is -3.01. The lowest BCUT2D eigenvalue weighted by Crippen LogP contribution is -2.52. The van der Waals surface area contributed by atoms with Gasteiger partial charge in [-0.05, 0) is 63.8 Å². The molecule has 0 fully saturated rings. The first-order valence-corrected chi connectivity index (χ1v) is 11.8. The number of ether oxygens (including phenoxy) is 2. The summed E-state index contributed by atoms with van der Waals surface area (Å²) >= 11 is 6.06. The first-order valence-electron chi connectivity index (χ1n) is 11.4. The third-order valence-corrected chi connectivity index (χ3v) is 5.32. The highest BCUT2D eigenvalue weighted by molar-refractivity contribution is 6.29. The molecule has 2 aromatic heterocycles. The van der Waals surface area contributed by atoms with Crippen LogP contribution in [0.25, 0.3) is 16.8 Å². The van der Waals surface area contributed by atoms with Crippen LogP contribution in [0.2, 0.25) is 5.15 Å². The Morgan fingerprint density at radius 3 is 2.47 bits per heavy atom. The summed E-state index contributed by atoms with van der Waals surface area (Å²) in [6, 6.07) is 5.22. The zero-order chi connectivity index (χ0) is 26.9. The zero-order valence-corrected chi connectivity index (χ0v) is 21.8. The van der Waals surface area contributed by atoms with E-state index in [0.29, 0.717) is 17.6 Å². The number of carbonyl (C=O) groups is 1. The second-order valence-corrected chi connectivity index (χ2v) is 10.7.